The van der Waals surface area contributed by atoms with Crippen LogP contribution in [-0.4, -0.2) is 36.3 Å². The smallest absolute Gasteiger partial charge is 0.226 e. The van der Waals surface area contributed by atoms with Crippen molar-refractivity contribution in [1.29, 1.82) is 0 Å². The lowest BCUT2D eigenvalue weighted by Gasteiger charge is -2.26. The monoisotopic (exact) mass is 303 g/mol. The molecule has 0 atom stereocenters. The third-order valence-corrected chi connectivity index (χ3v) is 3.94. The van der Waals surface area contributed by atoms with Crippen LogP contribution in [0.1, 0.15) is 45.6 Å². The van der Waals surface area contributed by atoms with Crippen molar-refractivity contribution in [2.75, 3.05) is 19.7 Å². The number of para-hydroxylation sites is 1. The molecule has 22 heavy (non-hydrogen) atoms. The molecule has 0 unspecified atom stereocenters. The Balaban J connectivity index is 1.86. The van der Waals surface area contributed by atoms with E-state index in [0.717, 1.165) is 11.3 Å². The van der Waals surface area contributed by atoms with Gasteiger partial charge in [0.25, 0.3) is 0 Å². The third kappa shape index (κ3) is 4.33. The number of ketones is 1. The number of piperidine rings is 1. The SMILES string of the molecule is CC(C)(C)c1ccccc1OCCC(=O)N1CCC(=O)CC1. The molecule has 120 valence electrons. The van der Waals surface area contributed by atoms with Crippen molar-refractivity contribution in [1.82, 2.24) is 4.90 Å². The van der Waals surface area contributed by atoms with Gasteiger partial charge in [0.05, 0.1) is 13.0 Å². The Morgan fingerprint density at radius 2 is 1.82 bits per heavy atom. The first-order valence-electron chi connectivity index (χ1n) is 7.90. The highest BCUT2D eigenvalue weighted by atomic mass is 16.5. The van der Waals surface area contributed by atoms with E-state index in [2.05, 4.69) is 26.8 Å². The maximum atomic E-state index is 12.1. The summed E-state index contributed by atoms with van der Waals surface area (Å²) in [6.45, 7) is 7.91. The number of carbonyl (C=O) groups excluding carboxylic acids is 2. The number of likely N-dealkylation sites (tertiary alicyclic amines) is 1. The summed E-state index contributed by atoms with van der Waals surface area (Å²) in [5, 5.41) is 0. The van der Waals surface area contributed by atoms with Crippen molar-refractivity contribution in [2.24, 2.45) is 0 Å². The van der Waals surface area contributed by atoms with Crippen LogP contribution in [0.5, 0.6) is 5.75 Å². The van der Waals surface area contributed by atoms with Crippen molar-refractivity contribution < 1.29 is 14.3 Å². The Labute approximate surface area is 132 Å². The lowest BCUT2D eigenvalue weighted by atomic mass is 9.86. The van der Waals surface area contributed by atoms with Gasteiger partial charge in [0, 0.05) is 25.9 Å². The molecule has 4 heteroatoms. The number of rotatable bonds is 4. The van der Waals surface area contributed by atoms with Gasteiger partial charge in [-0.05, 0) is 17.0 Å². The first-order valence-corrected chi connectivity index (χ1v) is 7.90. The quantitative estimate of drug-likeness (QED) is 0.859. The van der Waals surface area contributed by atoms with Gasteiger partial charge in [-0.3, -0.25) is 9.59 Å². The minimum atomic E-state index is 0.00777. The van der Waals surface area contributed by atoms with E-state index in [4.69, 9.17) is 4.74 Å². The van der Waals surface area contributed by atoms with E-state index in [0.29, 0.717) is 39.0 Å². The second-order valence-corrected chi connectivity index (χ2v) is 6.76. The highest BCUT2D eigenvalue weighted by molar-refractivity contribution is 5.83. The normalized spacial score (nSPS) is 15.8. The van der Waals surface area contributed by atoms with Crippen LogP contribution < -0.4 is 4.74 Å². The number of ether oxygens (including phenoxy) is 1. The van der Waals surface area contributed by atoms with E-state index in [1.54, 1.807) is 4.90 Å². The second kappa shape index (κ2) is 6.95. The largest absolute Gasteiger partial charge is 0.493 e. The molecule has 0 bridgehead atoms. The van der Waals surface area contributed by atoms with Crippen molar-refractivity contribution in [3.8, 4) is 5.75 Å². The summed E-state index contributed by atoms with van der Waals surface area (Å²) in [5.41, 5.74) is 1.15. The van der Waals surface area contributed by atoms with E-state index in [1.807, 2.05) is 18.2 Å². The van der Waals surface area contributed by atoms with Gasteiger partial charge < -0.3 is 9.64 Å². The topological polar surface area (TPSA) is 46.6 Å². The molecule has 0 spiro atoms. The van der Waals surface area contributed by atoms with Crippen LogP contribution in [0, 0.1) is 0 Å². The number of hydrogen-bond acceptors (Lipinski definition) is 3. The summed E-state index contributed by atoms with van der Waals surface area (Å²) in [6.07, 6.45) is 1.32. The Morgan fingerprint density at radius 3 is 2.45 bits per heavy atom. The van der Waals surface area contributed by atoms with Gasteiger partial charge in [0.15, 0.2) is 0 Å². The molecule has 1 aromatic rings. The van der Waals surface area contributed by atoms with Gasteiger partial charge in [0.1, 0.15) is 11.5 Å². The minimum absolute atomic E-state index is 0.00777. The van der Waals surface area contributed by atoms with Crippen molar-refractivity contribution in [3.63, 3.8) is 0 Å². The summed E-state index contributed by atoms with van der Waals surface area (Å²) >= 11 is 0. The Hall–Kier alpha value is -1.84. The fourth-order valence-corrected chi connectivity index (χ4v) is 2.62. The van der Waals surface area contributed by atoms with Crippen molar-refractivity contribution in [3.05, 3.63) is 29.8 Å². The van der Waals surface area contributed by atoms with Crippen LogP contribution in [0.2, 0.25) is 0 Å². The predicted molar refractivity (Wildman–Crippen MR) is 86.1 cm³/mol. The summed E-state index contributed by atoms with van der Waals surface area (Å²) in [7, 11) is 0. The molecule has 1 amide bonds. The van der Waals surface area contributed by atoms with E-state index in [9.17, 15) is 9.59 Å². The zero-order chi connectivity index (χ0) is 16.2. The lowest BCUT2D eigenvalue weighted by molar-refractivity contribution is -0.134. The summed E-state index contributed by atoms with van der Waals surface area (Å²) in [4.78, 5) is 25.1. The van der Waals surface area contributed by atoms with Gasteiger partial charge in [-0.25, -0.2) is 0 Å². The van der Waals surface area contributed by atoms with Crippen molar-refractivity contribution in [2.45, 2.75) is 45.4 Å². The average Bonchev–Trinajstić information content (AvgIpc) is 2.47. The number of hydrogen-bond donors (Lipinski definition) is 0. The number of nitrogens with zero attached hydrogens (tertiary/aromatic N) is 1. The van der Waals surface area contributed by atoms with E-state index in [-0.39, 0.29) is 17.1 Å². The van der Waals surface area contributed by atoms with Crippen LogP contribution >= 0.6 is 0 Å². The molecule has 1 aromatic carbocycles. The first-order chi connectivity index (χ1) is 10.4. The fraction of sp³-hybridized carbons (Fsp3) is 0.556. The van der Waals surface area contributed by atoms with E-state index in [1.165, 1.54) is 0 Å². The summed E-state index contributed by atoms with van der Waals surface area (Å²) < 4.78 is 5.83. The zero-order valence-corrected chi connectivity index (χ0v) is 13.7. The molecule has 1 saturated heterocycles. The van der Waals surface area contributed by atoms with Gasteiger partial charge in [-0.1, -0.05) is 39.0 Å². The van der Waals surface area contributed by atoms with Crippen LogP contribution in [0.25, 0.3) is 0 Å². The van der Waals surface area contributed by atoms with Crippen LogP contribution in [0.4, 0.5) is 0 Å². The molecule has 0 radical (unpaired) electrons. The first kappa shape index (κ1) is 16.5. The minimum Gasteiger partial charge on any atom is -0.493 e. The Bertz CT molecular complexity index is 536. The molecule has 0 aromatic heterocycles. The van der Waals surface area contributed by atoms with Crippen LogP contribution in [0.3, 0.4) is 0 Å². The van der Waals surface area contributed by atoms with E-state index >= 15 is 0 Å². The van der Waals surface area contributed by atoms with Gasteiger partial charge >= 0.3 is 0 Å². The highest BCUT2D eigenvalue weighted by Crippen LogP contribution is 2.30. The van der Waals surface area contributed by atoms with Crippen LogP contribution in [-0.2, 0) is 15.0 Å². The maximum absolute atomic E-state index is 12.1. The Morgan fingerprint density at radius 1 is 1.18 bits per heavy atom. The fourth-order valence-electron chi connectivity index (χ4n) is 2.62. The molecule has 1 aliphatic rings. The zero-order valence-electron chi connectivity index (χ0n) is 13.7. The number of Topliss-reactive ketones (excluding diaryl/α,β-unsaturated/α-hetero) is 1. The molecule has 0 N–H and O–H groups in total. The second-order valence-electron chi connectivity index (χ2n) is 6.76. The molecule has 2 rings (SSSR count). The number of carbonyl (C=O) groups is 2. The van der Waals surface area contributed by atoms with Gasteiger partial charge in [-0.15, -0.1) is 0 Å². The number of benzene rings is 1. The van der Waals surface area contributed by atoms with Gasteiger partial charge in [0.2, 0.25) is 5.91 Å². The predicted octanol–water partition coefficient (Wildman–Crippen LogP) is 2.94. The molecular formula is C18H25NO3. The highest BCUT2D eigenvalue weighted by Gasteiger charge is 2.21. The summed E-state index contributed by atoms with van der Waals surface area (Å²) in [6, 6.07) is 7.96. The van der Waals surface area contributed by atoms with Crippen molar-refractivity contribution >= 4 is 11.7 Å². The average molecular weight is 303 g/mol. The third-order valence-electron chi connectivity index (χ3n) is 3.94. The molecule has 1 fully saturated rings. The molecule has 1 aliphatic heterocycles. The standard InChI is InChI=1S/C18H25NO3/c1-18(2,3)15-6-4-5-7-16(15)22-13-10-17(21)19-11-8-14(20)9-12-19/h4-7H,8-13H2,1-3H3. The molecule has 0 saturated carbocycles. The lowest BCUT2D eigenvalue weighted by Crippen LogP contribution is -2.39. The molecular weight excluding hydrogens is 278 g/mol. The molecule has 1 heterocycles. The maximum Gasteiger partial charge on any atom is 0.226 e. The molecule has 0 aliphatic carbocycles. The number of amides is 1. The molecule has 4 nitrogen and oxygen atoms in total. The Kier molecular flexibility index (Phi) is 5.22. The van der Waals surface area contributed by atoms with Crippen LogP contribution in [0.15, 0.2) is 24.3 Å². The van der Waals surface area contributed by atoms with Gasteiger partial charge in [-0.2, -0.15) is 0 Å². The van der Waals surface area contributed by atoms with E-state index < -0.39 is 0 Å². The summed E-state index contributed by atoms with van der Waals surface area (Å²) in [5.74, 6) is 1.16.